The van der Waals surface area contributed by atoms with Gasteiger partial charge in [0.2, 0.25) is 0 Å². The van der Waals surface area contributed by atoms with Crippen LogP contribution in [-0.4, -0.2) is 39.1 Å². The van der Waals surface area contributed by atoms with E-state index >= 15 is 0 Å². The van der Waals surface area contributed by atoms with Crippen LogP contribution >= 0.6 is 0 Å². The molecule has 2 N–H and O–H groups in total. The second kappa shape index (κ2) is 6.00. The molecular formula is C18H19N3O4. The number of H-pyrrole nitrogens is 1. The number of rotatable bonds is 3. The van der Waals surface area contributed by atoms with Crippen molar-refractivity contribution in [3.8, 4) is 0 Å². The van der Waals surface area contributed by atoms with Crippen molar-refractivity contribution in [3.05, 3.63) is 39.8 Å². The molecule has 4 rings (SSSR count). The number of aromatic nitrogens is 3. The summed E-state index contributed by atoms with van der Waals surface area (Å²) in [5.74, 6) is -0.537. The molecule has 3 heterocycles. The SMILES string of the molecule is Cc1cc2[nH]c(=O)c3cnn(CC4CCOCC4)c3c2cc1C(=O)O. The molecule has 0 spiro atoms. The quantitative estimate of drug-likeness (QED) is 0.762. The van der Waals surface area contributed by atoms with E-state index in [1.54, 1.807) is 25.3 Å². The maximum Gasteiger partial charge on any atom is 0.335 e. The number of hydrogen-bond acceptors (Lipinski definition) is 4. The molecule has 0 bridgehead atoms. The number of hydrogen-bond donors (Lipinski definition) is 2. The zero-order chi connectivity index (χ0) is 17.6. The number of benzene rings is 1. The Hall–Kier alpha value is -2.67. The molecule has 25 heavy (non-hydrogen) atoms. The summed E-state index contributed by atoms with van der Waals surface area (Å²) in [6.45, 7) is 3.91. The van der Waals surface area contributed by atoms with Gasteiger partial charge in [-0.15, -0.1) is 0 Å². The Balaban J connectivity index is 1.93. The molecule has 0 aliphatic carbocycles. The van der Waals surface area contributed by atoms with Gasteiger partial charge in [0.05, 0.1) is 28.2 Å². The number of carbonyl (C=O) groups is 1. The number of aromatic carboxylic acids is 1. The Morgan fingerprint density at radius 1 is 1.36 bits per heavy atom. The van der Waals surface area contributed by atoms with Crippen LogP contribution in [0.2, 0.25) is 0 Å². The highest BCUT2D eigenvalue weighted by Crippen LogP contribution is 2.26. The van der Waals surface area contributed by atoms with Crippen LogP contribution in [0.3, 0.4) is 0 Å². The number of aromatic amines is 1. The first-order chi connectivity index (χ1) is 12.0. The molecule has 2 aromatic heterocycles. The second-order valence-corrected chi connectivity index (χ2v) is 6.62. The summed E-state index contributed by atoms with van der Waals surface area (Å²) in [5.41, 5.74) is 1.98. The van der Waals surface area contributed by atoms with Gasteiger partial charge in [-0.2, -0.15) is 5.10 Å². The number of nitrogens with one attached hydrogen (secondary N) is 1. The number of fused-ring (bicyclic) bond motifs is 3. The van der Waals surface area contributed by atoms with E-state index in [1.807, 2.05) is 4.68 Å². The van der Waals surface area contributed by atoms with Crippen LogP contribution in [-0.2, 0) is 11.3 Å². The smallest absolute Gasteiger partial charge is 0.335 e. The summed E-state index contributed by atoms with van der Waals surface area (Å²) in [6, 6.07) is 3.35. The topological polar surface area (TPSA) is 97.2 Å². The number of carboxylic acids is 1. The fraction of sp³-hybridized carbons (Fsp3) is 0.389. The lowest BCUT2D eigenvalue weighted by Crippen LogP contribution is -2.21. The van der Waals surface area contributed by atoms with Gasteiger partial charge in [0, 0.05) is 25.1 Å². The molecule has 7 nitrogen and oxygen atoms in total. The van der Waals surface area contributed by atoms with E-state index in [0.717, 1.165) is 26.1 Å². The molecule has 130 valence electrons. The molecule has 1 aliphatic rings. The van der Waals surface area contributed by atoms with E-state index in [-0.39, 0.29) is 11.1 Å². The first-order valence-electron chi connectivity index (χ1n) is 8.38. The van der Waals surface area contributed by atoms with Gasteiger partial charge in [-0.05, 0) is 43.4 Å². The third-order valence-electron chi connectivity index (χ3n) is 4.95. The summed E-state index contributed by atoms with van der Waals surface area (Å²) in [6.07, 6.45) is 3.48. The molecule has 3 aromatic rings. The van der Waals surface area contributed by atoms with E-state index < -0.39 is 5.97 Å². The molecule has 0 unspecified atom stereocenters. The Morgan fingerprint density at radius 2 is 2.12 bits per heavy atom. The van der Waals surface area contributed by atoms with Crippen molar-refractivity contribution in [2.24, 2.45) is 5.92 Å². The van der Waals surface area contributed by atoms with Crippen molar-refractivity contribution >= 4 is 27.8 Å². The predicted octanol–water partition coefficient (Wildman–Crippen LogP) is 2.31. The molecule has 1 saturated heterocycles. The lowest BCUT2D eigenvalue weighted by molar-refractivity contribution is 0.0605. The average Bonchev–Trinajstić information content (AvgIpc) is 3.00. The first-order valence-corrected chi connectivity index (χ1v) is 8.38. The van der Waals surface area contributed by atoms with Crippen molar-refractivity contribution in [1.82, 2.24) is 14.8 Å². The maximum absolute atomic E-state index is 12.4. The van der Waals surface area contributed by atoms with Crippen LogP contribution in [0.5, 0.6) is 0 Å². The highest BCUT2D eigenvalue weighted by molar-refractivity contribution is 6.06. The van der Waals surface area contributed by atoms with Crippen LogP contribution in [0.4, 0.5) is 0 Å². The van der Waals surface area contributed by atoms with Gasteiger partial charge in [0.1, 0.15) is 0 Å². The van der Waals surface area contributed by atoms with Crippen molar-refractivity contribution in [2.75, 3.05) is 13.2 Å². The van der Waals surface area contributed by atoms with Gasteiger partial charge in [0.15, 0.2) is 0 Å². The number of nitrogens with zero attached hydrogens (tertiary/aromatic N) is 2. The number of aryl methyl sites for hydroxylation is 1. The normalized spacial score (nSPS) is 15.9. The minimum atomic E-state index is -0.978. The van der Waals surface area contributed by atoms with Crippen LogP contribution in [0, 0.1) is 12.8 Å². The van der Waals surface area contributed by atoms with Crippen LogP contribution < -0.4 is 5.56 Å². The monoisotopic (exact) mass is 341 g/mol. The molecule has 1 aromatic carbocycles. The largest absolute Gasteiger partial charge is 0.478 e. The zero-order valence-electron chi connectivity index (χ0n) is 13.9. The van der Waals surface area contributed by atoms with Crippen LogP contribution in [0.1, 0.15) is 28.8 Å². The van der Waals surface area contributed by atoms with Gasteiger partial charge in [-0.25, -0.2) is 4.79 Å². The molecule has 0 radical (unpaired) electrons. The van der Waals surface area contributed by atoms with E-state index in [0.29, 0.717) is 39.8 Å². The Bertz CT molecular complexity index is 1030. The van der Waals surface area contributed by atoms with Crippen LogP contribution in [0.25, 0.3) is 21.8 Å². The van der Waals surface area contributed by atoms with Gasteiger partial charge < -0.3 is 14.8 Å². The van der Waals surface area contributed by atoms with Crippen LogP contribution in [0.15, 0.2) is 23.1 Å². The summed E-state index contributed by atoms with van der Waals surface area (Å²) < 4.78 is 7.24. The minimum Gasteiger partial charge on any atom is -0.478 e. The van der Waals surface area contributed by atoms with Crippen molar-refractivity contribution < 1.29 is 14.6 Å². The summed E-state index contributed by atoms with van der Waals surface area (Å²) in [5, 5.41) is 15.0. The maximum atomic E-state index is 12.4. The van der Waals surface area contributed by atoms with Gasteiger partial charge in [0.25, 0.3) is 5.56 Å². The van der Waals surface area contributed by atoms with E-state index in [1.165, 1.54) is 0 Å². The fourth-order valence-corrected chi connectivity index (χ4v) is 3.57. The highest BCUT2D eigenvalue weighted by atomic mass is 16.5. The molecule has 0 amide bonds. The molecule has 0 saturated carbocycles. The van der Waals surface area contributed by atoms with Crippen molar-refractivity contribution in [2.45, 2.75) is 26.3 Å². The van der Waals surface area contributed by atoms with E-state index in [4.69, 9.17) is 4.74 Å². The minimum absolute atomic E-state index is 0.205. The van der Waals surface area contributed by atoms with Gasteiger partial charge in [-0.3, -0.25) is 9.48 Å². The van der Waals surface area contributed by atoms with E-state index in [9.17, 15) is 14.7 Å². The Labute approximate surface area is 143 Å². The molecular weight excluding hydrogens is 322 g/mol. The second-order valence-electron chi connectivity index (χ2n) is 6.62. The third kappa shape index (κ3) is 2.70. The molecule has 7 heteroatoms. The summed E-state index contributed by atoms with van der Waals surface area (Å²) in [7, 11) is 0. The van der Waals surface area contributed by atoms with Gasteiger partial charge in [-0.1, -0.05) is 0 Å². The third-order valence-corrected chi connectivity index (χ3v) is 4.95. The lowest BCUT2D eigenvalue weighted by atomic mass is 10.00. The van der Waals surface area contributed by atoms with Gasteiger partial charge >= 0.3 is 5.97 Å². The first kappa shape index (κ1) is 15.8. The average molecular weight is 341 g/mol. The number of pyridine rings is 1. The van der Waals surface area contributed by atoms with Crippen molar-refractivity contribution in [3.63, 3.8) is 0 Å². The Kier molecular flexibility index (Phi) is 3.80. The number of carboxylic acid groups (broad SMARTS) is 1. The summed E-state index contributed by atoms with van der Waals surface area (Å²) in [4.78, 5) is 26.7. The lowest BCUT2D eigenvalue weighted by Gasteiger charge is -2.22. The standard InChI is InChI=1S/C18H19N3O4/c1-10-6-15-13(7-12(10)18(23)24)16-14(17(22)20-15)8-19-21(16)9-11-2-4-25-5-3-11/h6-8,11H,2-5,9H2,1H3,(H,20,22)(H,23,24). The highest BCUT2D eigenvalue weighted by Gasteiger charge is 2.19. The Morgan fingerprint density at radius 3 is 2.84 bits per heavy atom. The number of ether oxygens (including phenoxy) is 1. The van der Waals surface area contributed by atoms with E-state index in [2.05, 4.69) is 10.1 Å². The molecule has 1 fully saturated rings. The fourth-order valence-electron chi connectivity index (χ4n) is 3.57. The van der Waals surface area contributed by atoms with Crippen molar-refractivity contribution in [1.29, 1.82) is 0 Å². The predicted molar refractivity (Wildman–Crippen MR) is 93.1 cm³/mol. The molecule has 1 aliphatic heterocycles. The molecule has 0 atom stereocenters. The zero-order valence-corrected chi connectivity index (χ0v) is 13.9. The summed E-state index contributed by atoms with van der Waals surface area (Å²) >= 11 is 0.